The third-order valence-electron chi connectivity index (χ3n) is 3.26. The van der Waals surface area contributed by atoms with Crippen LogP contribution in [0.5, 0.6) is 0 Å². The van der Waals surface area contributed by atoms with Gasteiger partial charge in [0.15, 0.2) is 0 Å². The lowest BCUT2D eigenvalue weighted by atomic mass is 9.79. The fourth-order valence-electron chi connectivity index (χ4n) is 2.43. The summed E-state index contributed by atoms with van der Waals surface area (Å²) in [5.74, 6) is -0.236. The average Bonchev–Trinajstić information content (AvgIpc) is 2.74. The summed E-state index contributed by atoms with van der Waals surface area (Å²) < 4.78 is 0. The Morgan fingerprint density at radius 2 is 2.50 bits per heavy atom. The van der Waals surface area contributed by atoms with E-state index in [1.54, 1.807) is 11.3 Å². The van der Waals surface area contributed by atoms with Crippen LogP contribution in [0.3, 0.4) is 0 Å². The van der Waals surface area contributed by atoms with Gasteiger partial charge in [0.05, 0.1) is 0 Å². The molecule has 88 valence electrons. The molecule has 0 saturated heterocycles. The molecule has 4 heteroatoms. The largest absolute Gasteiger partial charge is 0.368 e. The second-order valence-electron chi connectivity index (χ2n) is 4.31. The van der Waals surface area contributed by atoms with E-state index in [-0.39, 0.29) is 5.91 Å². The number of nitrogens with two attached hydrogens (primary N) is 1. The number of aryl methyl sites for hydroxylation is 1. The van der Waals surface area contributed by atoms with E-state index in [0.717, 1.165) is 37.8 Å². The van der Waals surface area contributed by atoms with Crippen LogP contribution in [0.4, 0.5) is 0 Å². The standard InChI is InChI=1S/C12H18N2OS/c1-2-7-14-12(11(13)15)6-3-4-10-9(12)5-8-16-10/h5,8,14H,2-4,6-7H2,1H3,(H2,13,15). The first kappa shape index (κ1) is 11.6. The Labute approximate surface area is 100 Å². The summed E-state index contributed by atoms with van der Waals surface area (Å²) in [6.45, 7) is 2.93. The molecule has 0 aromatic carbocycles. The van der Waals surface area contributed by atoms with Gasteiger partial charge in [-0.05, 0) is 49.2 Å². The number of rotatable bonds is 4. The minimum atomic E-state index is -0.608. The molecule has 1 atom stereocenters. The molecule has 3 N–H and O–H groups in total. The second kappa shape index (κ2) is 4.55. The molecule has 2 rings (SSSR count). The summed E-state index contributed by atoms with van der Waals surface area (Å²) in [5, 5.41) is 5.42. The fourth-order valence-corrected chi connectivity index (χ4v) is 3.43. The van der Waals surface area contributed by atoms with E-state index in [0.29, 0.717) is 0 Å². The summed E-state index contributed by atoms with van der Waals surface area (Å²) >= 11 is 1.73. The number of amides is 1. The van der Waals surface area contributed by atoms with E-state index in [2.05, 4.69) is 17.6 Å². The van der Waals surface area contributed by atoms with Crippen LogP contribution < -0.4 is 11.1 Å². The van der Waals surface area contributed by atoms with E-state index < -0.39 is 5.54 Å². The first-order valence-electron chi connectivity index (χ1n) is 5.82. The van der Waals surface area contributed by atoms with Crippen molar-refractivity contribution >= 4 is 17.2 Å². The third kappa shape index (κ3) is 1.76. The van der Waals surface area contributed by atoms with Crippen LogP contribution in [0.15, 0.2) is 11.4 Å². The summed E-state index contributed by atoms with van der Waals surface area (Å²) in [6, 6.07) is 2.05. The maximum Gasteiger partial charge on any atom is 0.242 e. The number of carbonyl (C=O) groups excluding carboxylic acids is 1. The number of thiophene rings is 1. The molecule has 0 aliphatic heterocycles. The van der Waals surface area contributed by atoms with Crippen molar-refractivity contribution in [2.24, 2.45) is 5.73 Å². The molecule has 1 aliphatic carbocycles. The maximum atomic E-state index is 11.8. The van der Waals surface area contributed by atoms with E-state index >= 15 is 0 Å². The number of hydrogen-bond donors (Lipinski definition) is 2. The highest BCUT2D eigenvalue weighted by Gasteiger charge is 2.41. The molecular formula is C12H18N2OS. The van der Waals surface area contributed by atoms with Crippen molar-refractivity contribution in [1.82, 2.24) is 5.32 Å². The molecule has 0 radical (unpaired) electrons. The van der Waals surface area contributed by atoms with Gasteiger partial charge in [-0.3, -0.25) is 10.1 Å². The molecular weight excluding hydrogens is 220 g/mol. The number of nitrogens with one attached hydrogen (secondary N) is 1. The first-order chi connectivity index (χ1) is 7.70. The van der Waals surface area contributed by atoms with E-state index in [9.17, 15) is 4.79 Å². The maximum absolute atomic E-state index is 11.8. The van der Waals surface area contributed by atoms with Crippen LogP contribution in [0.2, 0.25) is 0 Å². The summed E-state index contributed by atoms with van der Waals surface area (Å²) in [7, 11) is 0. The monoisotopic (exact) mass is 238 g/mol. The molecule has 0 bridgehead atoms. The number of hydrogen-bond acceptors (Lipinski definition) is 3. The van der Waals surface area contributed by atoms with Crippen LogP contribution >= 0.6 is 11.3 Å². The molecule has 0 fully saturated rings. The van der Waals surface area contributed by atoms with Gasteiger partial charge in [-0.2, -0.15) is 0 Å². The van der Waals surface area contributed by atoms with Crippen LogP contribution in [-0.4, -0.2) is 12.5 Å². The molecule has 0 spiro atoms. The molecule has 3 nitrogen and oxygen atoms in total. The van der Waals surface area contributed by atoms with Crippen LogP contribution in [-0.2, 0) is 16.8 Å². The highest BCUT2D eigenvalue weighted by molar-refractivity contribution is 7.10. The van der Waals surface area contributed by atoms with Crippen molar-refractivity contribution in [3.63, 3.8) is 0 Å². The van der Waals surface area contributed by atoms with Gasteiger partial charge in [-0.1, -0.05) is 6.92 Å². The molecule has 1 amide bonds. The molecule has 1 heterocycles. The predicted octanol–water partition coefficient (Wildman–Crippen LogP) is 1.76. The fraction of sp³-hybridized carbons (Fsp3) is 0.583. The van der Waals surface area contributed by atoms with Gasteiger partial charge in [-0.25, -0.2) is 0 Å². The van der Waals surface area contributed by atoms with Crippen molar-refractivity contribution in [3.8, 4) is 0 Å². The Bertz CT molecular complexity index is 388. The Morgan fingerprint density at radius 3 is 3.19 bits per heavy atom. The first-order valence-corrected chi connectivity index (χ1v) is 6.70. The Balaban J connectivity index is 2.37. The third-order valence-corrected chi connectivity index (χ3v) is 4.24. The predicted molar refractivity (Wildman–Crippen MR) is 66.4 cm³/mol. The van der Waals surface area contributed by atoms with Gasteiger partial charge in [0.1, 0.15) is 5.54 Å². The van der Waals surface area contributed by atoms with Gasteiger partial charge >= 0.3 is 0 Å². The molecule has 1 aromatic rings. The second-order valence-corrected chi connectivity index (χ2v) is 5.31. The van der Waals surface area contributed by atoms with E-state index in [4.69, 9.17) is 5.73 Å². The molecule has 1 unspecified atom stereocenters. The van der Waals surface area contributed by atoms with Crippen molar-refractivity contribution in [2.75, 3.05) is 6.54 Å². The van der Waals surface area contributed by atoms with Crippen molar-refractivity contribution in [3.05, 3.63) is 21.9 Å². The topological polar surface area (TPSA) is 55.1 Å². The minimum absolute atomic E-state index is 0.236. The smallest absolute Gasteiger partial charge is 0.242 e. The lowest BCUT2D eigenvalue weighted by molar-refractivity contribution is -0.125. The van der Waals surface area contributed by atoms with Gasteiger partial charge in [0.2, 0.25) is 5.91 Å². The van der Waals surface area contributed by atoms with Crippen LogP contribution in [0.1, 0.15) is 36.6 Å². The van der Waals surface area contributed by atoms with Crippen molar-refractivity contribution in [2.45, 2.75) is 38.1 Å². The highest BCUT2D eigenvalue weighted by atomic mass is 32.1. The summed E-state index contributed by atoms with van der Waals surface area (Å²) in [5.41, 5.74) is 6.13. The Morgan fingerprint density at radius 1 is 1.69 bits per heavy atom. The summed E-state index contributed by atoms with van der Waals surface area (Å²) in [6.07, 6.45) is 3.95. The average molecular weight is 238 g/mol. The Kier molecular flexibility index (Phi) is 3.30. The molecule has 0 saturated carbocycles. The van der Waals surface area contributed by atoms with Crippen LogP contribution in [0, 0.1) is 0 Å². The molecule has 1 aliphatic rings. The lowest BCUT2D eigenvalue weighted by Crippen LogP contribution is -2.54. The molecule has 1 aromatic heterocycles. The summed E-state index contributed by atoms with van der Waals surface area (Å²) in [4.78, 5) is 13.1. The van der Waals surface area contributed by atoms with E-state index in [1.165, 1.54) is 4.88 Å². The quantitative estimate of drug-likeness (QED) is 0.840. The molecule has 16 heavy (non-hydrogen) atoms. The number of carbonyl (C=O) groups is 1. The SMILES string of the molecule is CCCNC1(C(N)=O)CCCc2sccc21. The number of primary amides is 1. The zero-order valence-electron chi connectivity index (χ0n) is 9.58. The van der Waals surface area contributed by atoms with Crippen LogP contribution in [0.25, 0.3) is 0 Å². The number of fused-ring (bicyclic) bond motifs is 1. The van der Waals surface area contributed by atoms with Gasteiger partial charge < -0.3 is 5.73 Å². The van der Waals surface area contributed by atoms with Crippen molar-refractivity contribution in [1.29, 1.82) is 0 Å². The minimum Gasteiger partial charge on any atom is -0.368 e. The Hall–Kier alpha value is -0.870. The zero-order chi connectivity index (χ0) is 11.6. The van der Waals surface area contributed by atoms with Gasteiger partial charge in [0, 0.05) is 4.88 Å². The normalized spacial score (nSPS) is 24.1. The lowest BCUT2D eigenvalue weighted by Gasteiger charge is -2.35. The van der Waals surface area contributed by atoms with Gasteiger partial charge in [0.25, 0.3) is 0 Å². The zero-order valence-corrected chi connectivity index (χ0v) is 10.4. The van der Waals surface area contributed by atoms with Gasteiger partial charge in [-0.15, -0.1) is 11.3 Å². The van der Waals surface area contributed by atoms with Crippen molar-refractivity contribution < 1.29 is 4.79 Å². The highest BCUT2D eigenvalue weighted by Crippen LogP contribution is 2.38. The van der Waals surface area contributed by atoms with E-state index in [1.807, 2.05) is 6.07 Å².